The van der Waals surface area contributed by atoms with Gasteiger partial charge in [-0.1, -0.05) is 50.7 Å². The summed E-state index contributed by atoms with van der Waals surface area (Å²) in [6, 6.07) is 7.63. The fraction of sp³-hybridized carbons (Fsp3) is 0.143. The molecule has 0 aliphatic carbocycles. The van der Waals surface area contributed by atoms with E-state index in [1.165, 1.54) is 18.2 Å². The number of hydrogen-bond donors (Lipinski definition) is 0. The second kappa shape index (κ2) is 6.99. The molecule has 0 unspecified atom stereocenters. The van der Waals surface area contributed by atoms with E-state index in [0.29, 0.717) is 31.7 Å². The number of benzene rings is 2. The predicted molar refractivity (Wildman–Crippen MR) is 84.8 cm³/mol. The highest BCUT2D eigenvalue weighted by Crippen LogP contribution is 2.34. The van der Waals surface area contributed by atoms with Crippen molar-refractivity contribution in [2.75, 3.05) is 0 Å². The molecule has 2 aromatic rings. The summed E-state index contributed by atoms with van der Waals surface area (Å²) in [7, 11) is 0. The predicted octanol–water partition coefficient (Wildman–Crippen LogP) is 6.26. The van der Waals surface area contributed by atoms with Crippen LogP contribution in [0.3, 0.4) is 0 Å². The summed E-state index contributed by atoms with van der Waals surface area (Å²) < 4.78 is 19.2. The van der Waals surface area contributed by atoms with Crippen LogP contribution in [0.25, 0.3) is 0 Å². The Kier molecular flexibility index (Phi) is 5.56. The van der Waals surface area contributed by atoms with Gasteiger partial charge in [-0.05, 0) is 30.3 Å². The summed E-state index contributed by atoms with van der Waals surface area (Å²) in [5.74, 6) is 0.104. The van der Waals surface area contributed by atoms with E-state index in [1.54, 1.807) is 12.1 Å². The van der Waals surface area contributed by atoms with E-state index in [4.69, 9.17) is 39.5 Å². The normalized spacial score (nSPS) is 10.7. The van der Waals surface area contributed by atoms with E-state index in [1.807, 2.05) is 0 Å². The second-order valence-corrected chi connectivity index (χ2v) is 5.87. The molecule has 0 amide bonds. The highest BCUT2D eigenvalue weighted by atomic mass is 79.9. The fourth-order valence-electron chi connectivity index (χ4n) is 1.68. The van der Waals surface area contributed by atoms with Gasteiger partial charge in [0.2, 0.25) is 0 Å². The Morgan fingerprint density at radius 3 is 2.40 bits per heavy atom. The first-order valence-electron chi connectivity index (χ1n) is 5.62. The van der Waals surface area contributed by atoms with Crippen molar-refractivity contribution < 1.29 is 9.13 Å². The van der Waals surface area contributed by atoms with Crippen LogP contribution in [0.2, 0.25) is 15.1 Å². The Morgan fingerprint density at radius 1 is 1.00 bits per heavy atom. The molecule has 0 N–H and O–H groups in total. The van der Waals surface area contributed by atoms with Crippen LogP contribution < -0.4 is 4.74 Å². The highest BCUT2D eigenvalue weighted by molar-refractivity contribution is 9.08. The molecule has 20 heavy (non-hydrogen) atoms. The maximum Gasteiger partial charge on any atom is 0.142 e. The summed E-state index contributed by atoms with van der Waals surface area (Å²) in [6.45, 7) is 0.0355. The molecule has 0 saturated carbocycles. The van der Waals surface area contributed by atoms with Crippen molar-refractivity contribution >= 4 is 50.7 Å². The summed E-state index contributed by atoms with van der Waals surface area (Å²) in [5, 5.41) is 1.88. The minimum atomic E-state index is -0.375. The van der Waals surface area contributed by atoms with Crippen LogP contribution >= 0.6 is 50.7 Å². The highest BCUT2D eigenvalue weighted by Gasteiger charge is 2.12. The number of rotatable bonds is 4. The van der Waals surface area contributed by atoms with E-state index in [-0.39, 0.29) is 12.4 Å². The third-order valence-corrected chi connectivity index (χ3v) is 3.95. The first-order chi connectivity index (χ1) is 9.51. The van der Waals surface area contributed by atoms with Gasteiger partial charge in [-0.15, -0.1) is 0 Å². The molecule has 1 nitrogen and oxygen atoms in total. The van der Waals surface area contributed by atoms with Crippen LogP contribution in [-0.4, -0.2) is 0 Å². The van der Waals surface area contributed by atoms with Crippen LogP contribution in [0.4, 0.5) is 4.39 Å². The molecule has 0 aliphatic heterocycles. The Morgan fingerprint density at radius 2 is 1.70 bits per heavy atom. The zero-order chi connectivity index (χ0) is 14.7. The van der Waals surface area contributed by atoms with Crippen molar-refractivity contribution in [2.45, 2.75) is 11.9 Å². The molecule has 0 saturated heterocycles. The van der Waals surface area contributed by atoms with Gasteiger partial charge < -0.3 is 4.74 Å². The number of hydrogen-bond acceptors (Lipinski definition) is 1. The van der Waals surface area contributed by atoms with Gasteiger partial charge >= 0.3 is 0 Å². The van der Waals surface area contributed by atoms with Gasteiger partial charge in [0.15, 0.2) is 0 Å². The standard InChI is InChI=1S/C14H9BrCl3FO/c15-6-8-3-11(17)5-12(18)14(8)20-7-9-4-10(16)1-2-13(9)19/h1-5H,6-7H2. The summed E-state index contributed by atoms with van der Waals surface area (Å²) >= 11 is 21.2. The van der Waals surface area contributed by atoms with Crippen LogP contribution in [0, 0.1) is 5.82 Å². The molecule has 0 aliphatic rings. The average molecular weight is 398 g/mol. The van der Waals surface area contributed by atoms with Crippen molar-refractivity contribution in [3.05, 3.63) is 62.3 Å². The van der Waals surface area contributed by atoms with E-state index in [9.17, 15) is 4.39 Å². The van der Waals surface area contributed by atoms with Crippen LogP contribution in [0.1, 0.15) is 11.1 Å². The zero-order valence-electron chi connectivity index (χ0n) is 10.1. The molecule has 0 spiro atoms. The topological polar surface area (TPSA) is 9.23 Å². The second-order valence-electron chi connectivity index (χ2n) is 4.03. The third-order valence-electron chi connectivity index (χ3n) is 2.61. The molecule has 0 aromatic heterocycles. The Labute approximate surface area is 139 Å². The molecule has 0 heterocycles. The molecule has 0 bridgehead atoms. The molecule has 0 fully saturated rings. The van der Waals surface area contributed by atoms with Crippen molar-refractivity contribution in [3.8, 4) is 5.75 Å². The van der Waals surface area contributed by atoms with Gasteiger partial charge in [0.05, 0.1) is 5.02 Å². The first kappa shape index (κ1) is 15.9. The van der Waals surface area contributed by atoms with E-state index in [0.717, 1.165) is 5.56 Å². The van der Waals surface area contributed by atoms with Gasteiger partial charge in [0.25, 0.3) is 0 Å². The Bertz CT molecular complexity index is 634. The van der Waals surface area contributed by atoms with Gasteiger partial charge in [-0.2, -0.15) is 0 Å². The fourth-order valence-corrected chi connectivity index (χ4v) is 2.88. The van der Waals surface area contributed by atoms with Gasteiger partial charge in [0.1, 0.15) is 18.2 Å². The Hall–Kier alpha value is -0.480. The molecule has 2 rings (SSSR count). The van der Waals surface area contributed by atoms with Crippen molar-refractivity contribution in [3.63, 3.8) is 0 Å². The molecule has 6 heteroatoms. The van der Waals surface area contributed by atoms with Crippen LogP contribution in [-0.2, 0) is 11.9 Å². The third kappa shape index (κ3) is 3.79. The van der Waals surface area contributed by atoms with Crippen molar-refractivity contribution in [1.29, 1.82) is 0 Å². The molecule has 106 valence electrons. The maximum atomic E-state index is 13.6. The largest absolute Gasteiger partial charge is 0.487 e. The lowest BCUT2D eigenvalue weighted by Crippen LogP contribution is -2.01. The number of alkyl halides is 1. The monoisotopic (exact) mass is 396 g/mol. The first-order valence-corrected chi connectivity index (χ1v) is 7.87. The van der Waals surface area contributed by atoms with Crippen LogP contribution in [0.15, 0.2) is 30.3 Å². The lowest BCUT2D eigenvalue weighted by atomic mass is 10.2. The minimum absolute atomic E-state index is 0.0355. The summed E-state index contributed by atoms with van der Waals surface area (Å²) in [6.07, 6.45) is 0. The van der Waals surface area contributed by atoms with E-state index >= 15 is 0 Å². The van der Waals surface area contributed by atoms with E-state index in [2.05, 4.69) is 15.9 Å². The molecule has 2 aromatic carbocycles. The van der Waals surface area contributed by atoms with Gasteiger partial charge in [0, 0.05) is 26.5 Å². The quantitative estimate of drug-likeness (QED) is 0.552. The van der Waals surface area contributed by atoms with Gasteiger partial charge in [-0.25, -0.2) is 4.39 Å². The number of halogens is 5. The molecule has 0 atom stereocenters. The van der Waals surface area contributed by atoms with Crippen molar-refractivity contribution in [2.24, 2.45) is 0 Å². The Balaban J connectivity index is 2.25. The van der Waals surface area contributed by atoms with Crippen LogP contribution in [0.5, 0.6) is 5.75 Å². The smallest absolute Gasteiger partial charge is 0.142 e. The molecular formula is C14H9BrCl3FO. The lowest BCUT2D eigenvalue weighted by Gasteiger charge is -2.13. The van der Waals surface area contributed by atoms with Crippen molar-refractivity contribution in [1.82, 2.24) is 0 Å². The zero-order valence-corrected chi connectivity index (χ0v) is 14.0. The lowest BCUT2D eigenvalue weighted by molar-refractivity contribution is 0.298. The SMILES string of the molecule is Fc1ccc(Cl)cc1COc1c(Cl)cc(Cl)cc1CBr. The molecular weight excluding hydrogens is 389 g/mol. The van der Waals surface area contributed by atoms with Gasteiger partial charge in [-0.3, -0.25) is 0 Å². The summed E-state index contributed by atoms with van der Waals surface area (Å²) in [5.41, 5.74) is 1.16. The summed E-state index contributed by atoms with van der Waals surface area (Å²) in [4.78, 5) is 0. The maximum absolute atomic E-state index is 13.6. The minimum Gasteiger partial charge on any atom is -0.487 e. The average Bonchev–Trinajstić information content (AvgIpc) is 2.40. The van der Waals surface area contributed by atoms with E-state index < -0.39 is 0 Å². The molecule has 0 radical (unpaired) electrons. The number of ether oxygens (including phenoxy) is 1.